The summed E-state index contributed by atoms with van der Waals surface area (Å²) in [7, 11) is 0. The van der Waals surface area contributed by atoms with Gasteiger partial charge in [-0.25, -0.2) is 4.79 Å². The molecule has 2 aliphatic heterocycles. The number of carbonyl (C=O) groups excluding carboxylic acids is 2. The van der Waals surface area contributed by atoms with E-state index in [0.717, 1.165) is 29.1 Å². The van der Waals surface area contributed by atoms with Crippen LogP contribution in [-0.4, -0.2) is 72.3 Å². The van der Waals surface area contributed by atoms with E-state index in [0.29, 0.717) is 19.8 Å². The van der Waals surface area contributed by atoms with E-state index in [1.165, 1.54) is 0 Å². The predicted molar refractivity (Wildman–Crippen MR) is 92.0 cm³/mol. The van der Waals surface area contributed by atoms with E-state index in [4.69, 9.17) is 4.74 Å². The van der Waals surface area contributed by atoms with Crippen LogP contribution in [0.1, 0.15) is 18.1 Å². The molecule has 0 aromatic heterocycles. The zero-order chi connectivity index (χ0) is 18.0. The van der Waals surface area contributed by atoms with Crippen LogP contribution >= 0.6 is 0 Å². The molecule has 2 atom stereocenters. The van der Waals surface area contributed by atoms with E-state index >= 15 is 0 Å². The Morgan fingerprint density at radius 1 is 1.20 bits per heavy atom. The fourth-order valence-corrected chi connectivity index (χ4v) is 3.30. The summed E-state index contributed by atoms with van der Waals surface area (Å²) in [5.41, 5.74) is 0.729. The highest BCUT2D eigenvalue weighted by Gasteiger charge is 2.49. The highest BCUT2D eigenvalue weighted by atomic mass is 16.5. The largest absolute Gasteiger partial charge is 0.390 e. The van der Waals surface area contributed by atoms with Crippen LogP contribution in [0, 0.1) is 6.92 Å². The van der Waals surface area contributed by atoms with Crippen molar-refractivity contribution in [1.82, 2.24) is 15.1 Å². The molecule has 0 aliphatic carbocycles. The maximum Gasteiger partial charge on any atom is 0.325 e. The number of aliphatic hydroxyl groups is 1. The molecule has 1 aromatic rings. The number of morpholine rings is 1. The first-order valence-corrected chi connectivity index (χ1v) is 8.59. The minimum absolute atomic E-state index is 0.0104. The molecule has 7 heteroatoms. The number of aryl methyl sites for hydroxylation is 1. The molecule has 2 saturated heterocycles. The number of β-amino-alcohol motifs (C(OH)–C–C–N with tert-alkyl or cyclic N) is 1. The van der Waals surface area contributed by atoms with Gasteiger partial charge in [-0.2, -0.15) is 0 Å². The third-order valence-corrected chi connectivity index (χ3v) is 4.87. The summed E-state index contributed by atoms with van der Waals surface area (Å²) in [6.45, 7) is 6.85. The second-order valence-electron chi connectivity index (χ2n) is 6.90. The molecule has 2 N–H and O–H groups in total. The van der Waals surface area contributed by atoms with Gasteiger partial charge in [0.15, 0.2) is 0 Å². The minimum atomic E-state index is -1.09. The molecule has 0 unspecified atom stereocenters. The lowest BCUT2D eigenvalue weighted by atomic mass is 9.91. The van der Waals surface area contributed by atoms with E-state index in [1.807, 2.05) is 31.2 Å². The van der Waals surface area contributed by atoms with Crippen LogP contribution in [0.2, 0.25) is 0 Å². The Balaban J connectivity index is 1.67. The average molecular weight is 347 g/mol. The number of hydrogen-bond donors (Lipinski definition) is 2. The number of rotatable bonds is 5. The van der Waals surface area contributed by atoms with Crippen LogP contribution < -0.4 is 5.32 Å². The molecule has 25 heavy (non-hydrogen) atoms. The maximum absolute atomic E-state index is 12.8. The van der Waals surface area contributed by atoms with Gasteiger partial charge in [0.2, 0.25) is 0 Å². The number of urea groups is 1. The van der Waals surface area contributed by atoms with Crippen molar-refractivity contribution in [3.05, 3.63) is 35.4 Å². The number of carbonyl (C=O) groups is 2. The van der Waals surface area contributed by atoms with Gasteiger partial charge in [-0.05, 0) is 19.4 Å². The summed E-state index contributed by atoms with van der Waals surface area (Å²) in [4.78, 5) is 28.4. The first-order valence-electron chi connectivity index (χ1n) is 8.59. The Bertz CT molecular complexity index is 642. The Kier molecular flexibility index (Phi) is 5.08. The van der Waals surface area contributed by atoms with Crippen molar-refractivity contribution < 1.29 is 19.4 Å². The zero-order valence-electron chi connectivity index (χ0n) is 14.7. The van der Waals surface area contributed by atoms with Crippen LogP contribution in [0.4, 0.5) is 4.79 Å². The third-order valence-electron chi connectivity index (χ3n) is 4.87. The number of nitrogens with zero attached hydrogens (tertiary/aromatic N) is 2. The van der Waals surface area contributed by atoms with Crippen LogP contribution in [0.25, 0.3) is 0 Å². The van der Waals surface area contributed by atoms with Gasteiger partial charge < -0.3 is 15.2 Å². The number of imide groups is 1. The second kappa shape index (κ2) is 7.11. The predicted octanol–water partition coefficient (Wildman–Crippen LogP) is 0.455. The molecule has 0 bridgehead atoms. The van der Waals surface area contributed by atoms with Gasteiger partial charge in [0.1, 0.15) is 5.54 Å². The van der Waals surface area contributed by atoms with Gasteiger partial charge in [-0.15, -0.1) is 0 Å². The summed E-state index contributed by atoms with van der Waals surface area (Å²) in [5, 5.41) is 13.1. The lowest BCUT2D eigenvalue weighted by molar-refractivity contribution is -0.132. The molecule has 136 valence electrons. The molecule has 0 spiro atoms. The van der Waals surface area contributed by atoms with Crippen molar-refractivity contribution in [2.45, 2.75) is 25.5 Å². The van der Waals surface area contributed by atoms with Gasteiger partial charge in [0.25, 0.3) is 5.91 Å². The molecular weight excluding hydrogens is 322 g/mol. The molecule has 2 aliphatic rings. The van der Waals surface area contributed by atoms with Crippen molar-refractivity contribution >= 4 is 11.9 Å². The highest BCUT2D eigenvalue weighted by Crippen LogP contribution is 2.29. The van der Waals surface area contributed by atoms with Gasteiger partial charge >= 0.3 is 6.03 Å². The van der Waals surface area contributed by atoms with Crippen LogP contribution in [-0.2, 0) is 15.1 Å². The van der Waals surface area contributed by atoms with Crippen LogP contribution in [0.5, 0.6) is 0 Å². The monoisotopic (exact) mass is 347 g/mol. The number of hydrogen-bond acceptors (Lipinski definition) is 5. The summed E-state index contributed by atoms with van der Waals surface area (Å²) in [6.07, 6.45) is -0.784. The van der Waals surface area contributed by atoms with Gasteiger partial charge in [-0.3, -0.25) is 14.6 Å². The topological polar surface area (TPSA) is 82.1 Å². The molecule has 1 aromatic carbocycles. The maximum atomic E-state index is 12.8. The Morgan fingerprint density at radius 2 is 1.84 bits per heavy atom. The Hall–Kier alpha value is -1.96. The molecule has 3 rings (SSSR count). The van der Waals surface area contributed by atoms with E-state index in [-0.39, 0.29) is 12.5 Å². The SMILES string of the molecule is Cc1ccc([C@]2(C)NC(=O)N(C[C@H](O)CN3CCOCC3)C2=O)cc1. The smallest absolute Gasteiger partial charge is 0.325 e. The van der Waals surface area contributed by atoms with E-state index in [9.17, 15) is 14.7 Å². The molecule has 7 nitrogen and oxygen atoms in total. The average Bonchev–Trinajstić information content (AvgIpc) is 2.80. The molecule has 2 heterocycles. The van der Waals surface area contributed by atoms with Gasteiger partial charge in [-0.1, -0.05) is 29.8 Å². The van der Waals surface area contributed by atoms with Crippen molar-refractivity contribution in [2.75, 3.05) is 39.4 Å². The van der Waals surface area contributed by atoms with E-state index in [2.05, 4.69) is 10.2 Å². The van der Waals surface area contributed by atoms with Crippen molar-refractivity contribution in [3.8, 4) is 0 Å². The fourth-order valence-electron chi connectivity index (χ4n) is 3.30. The van der Waals surface area contributed by atoms with Crippen LogP contribution in [0.15, 0.2) is 24.3 Å². The fraction of sp³-hybridized carbons (Fsp3) is 0.556. The summed E-state index contributed by atoms with van der Waals surface area (Å²) in [5.74, 6) is -0.331. The van der Waals surface area contributed by atoms with Crippen LogP contribution in [0.3, 0.4) is 0 Å². The van der Waals surface area contributed by atoms with Crippen molar-refractivity contribution in [2.24, 2.45) is 0 Å². The van der Waals surface area contributed by atoms with Gasteiger partial charge in [0.05, 0.1) is 25.9 Å². The van der Waals surface area contributed by atoms with Crippen molar-refractivity contribution in [3.63, 3.8) is 0 Å². The minimum Gasteiger partial charge on any atom is -0.390 e. The summed E-state index contributed by atoms with van der Waals surface area (Å²) >= 11 is 0. The third kappa shape index (κ3) is 3.68. The Morgan fingerprint density at radius 3 is 2.48 bits per heavy atom. The molecule has 3 amide bonds. The number of ether oxygens (including phenoxy) is 1. The molecule has 2 fully saturated rings. The number of nitrogens with one attached hydrogen (secondary N) is 1. The zero-order valence-corrected chi connectivity index (χ0v) is 14.7. The molecular formula is C18H25N3O4. The number of amides is 3. The molecule has 0 radical (unpaired) electrons. The first-order chi connectivity index (χ1) is 11.9. The normalized spacial score (nSPS) is 26.0. The Labute approximate surface area is 147 Å². The first kappa shape index (κ1) is 17.8. The van der Waals surface area contributed by atoms with E-state index in [1.54, 1.807) is 6.92 Å². The summed E-state index contributed by atoms with van der Waals surface area (Å²) in [6, 6.07) is 7.06. The standard InChI is InChI=1S/C18H25N3O4/c1-13-3-5-14(6-4-13)18(2)16(23)21(17(24)19-18)12-15(22)11-20-7-9-25-10-8-20/h3-6,15,22H,7-12H2,1-2H3,(H,19,24)/t15-,18+/m1/s1. The lowest BCUT2D eigenvalue weighted by Gasteiger charge is -2.29. The number of benzene rings is 1. The summed E-state index contributed by atoms with van der Waals surface area (Å²) < 4.78 is 5.28. The lowest BCUT2D eigenvalue weighted by Crippen LogP contribution is -2.46. The van der Waals surface area contributed by atoms with E-state index < -0.39 is 17.7 Å². The van der Waals surface area contributed by atoms with Crippen molar-refractivity contribution in [1.29, 1.82) is 0 Å². The second-order valence-corrected chi connectivity index (χ2v) is 6.90. The number of aliphatic hydroxyl groups excluding tert-OH is 1. The molecule has 0 saturated carbocycles. The van der Waals surface area contributed by atoms with Gasteiger partial charge in [0, 0.05) is 19.6 Å². The quantitative estimate of drug-likeness (QED) is 0.756. The highest BCUT2D eigenvalue weighted by molar-refractivity contribution is 6.07.